The third kappa shape index (κ3) is 5.46. The molecule has 0 saturated carbocycles. The molecule has 10 heteroatoms. The molecule has 24 heavy (non-hydrogen) atoms. The predicted molar refractivity (Wildman–Crippen MR) is 96.0 cm³/mol. The summed E-state index contributed by atoms with van der Waals surface area (Å²) >= 11 is 29.6. The van der Waals surface area contributed by atoms with Crippen molar-refractivity contribution < 1.29 is 19.4 Å². The summed E-state index contributed by atoms with van der Waals surface area (Å²) in [7, 11) is 0. The van der Waals surface area contributed by atoms with Gasteiger partial charge in [-0.3, -0.25) is 4.79 Å². The summed E-state index contributed by atoms with van der Waals surface area (Å²) in [6.45, 7) is 3.17. The Labute approximate surface area is 164 Å². The molecule has 1 aromatic carbocycles. The molecule has 0 bridgehead atoms. The number of amides is 1. The fourth-order valence-electron chi connectivity index (χ4n) is 1.78. The molecule has 0 saturated heterocycles. The van der Waals surface area contributed by atoms with Crippen LogP contribution in [0, 0.1) is 5.92 Å². The lowest BCUT2D eigenvalue weighted by Gasteiger charge is -2.17. The van der Waals surface area contributed by atoms with E-state index in [1.54, 1.807) is 0 Å². The average Bonchev–Trinajstić information content (AvgIpc) is 2.49. The van der Waals surface area contributed by atoms with Crippen molar-refractivity contribution in [1.82, 2.24) is 5.32 Å². The quantitative estimate of drug-likeness (QED) is 0.468. The maximum atomic E-state index is 11.9. The standard InChI is InChI=1S/C14H14Cl5NO4/c1-5(2)3-6(14(22)23)20-7(21)4-24-13-11(18)9(16)8(15)10(17)12(13)19/h5-6H,3-4H2,1-2H3,(H,20,21)(H,22,23). The van der Waals surface area contributed by atoms with Crippen LogP contribution in [0.4, 0.5) is 0 Å². The van der Waals surface area contributed by atoms with Gasteiger partial charge in [-0.2, -0.15) is 0 Å². The predicted octanol–water partition coefficient (Wildman–Crippen LogP) is 4.95. The van der Waals surface area contributed by atoms with Crippen molar-refractivity contribution in [3.63, 3.8) is 0 Å². The Kier molecular flexibility index (Phi) is 8.23. The van der Waals surface area contributed by atoms with Crippen LogP contribution < -0.4 is 10.1 Å². The molecule has 1 unspecified atom stereocenters. The molecule has 0 aliphatic rings. The molecule has 5 nitrogen and oxygen atoms in total. The molecule has 1 aromatic rings. The Balaban J connectivity index is 2.83. The van der Waals surface area contributed by atoms with E-state index >= 15 is 0 Å². The zero-order valence-corrected chi connectivity index (χ0v) is 16.4. The van der Waals surface area contributed by atoms with Gasteiger partial charge in [-0.25, -0.2) is 4.79 Å². The summed E-state index contributed by atoms with van der Waals surface area (Å²) in [6.07, 6.45) is 0.279. The first-order valence-corrected chi connectivity index (χ1v) is 8.61. The molecule has 0 aromatic heterocycles. The minimum absolute atomic E-state index is 0.0343. The fourth-order valence-corrected chi connectivity index (χ4v) is 3.01. The number of carbonyl (C=O) groups is 2. The minimum atomic E-state index is -1.13. The number of halogens is 5. The molecule has 1 atom stereocenters. The Bertz CT molecular complexity index is 622. The van der Waals surface area contributed by atoms with Crippen LogP contribution in [0.5, 0.6) is 5.75 Å². The van der Waals surface area contributed by atoms with E-state index in [0.29, 0.717) is 0 Å². The third-order valence-electron chi connectivity index (χ3n) is 2.86. The summed E-state index contributed by atoms with van der Waals surface area (Å²) in [6, 6.07) is -1.02. The third-order valence-corrected chi connectivity index (χ3v) is 5.10. The van der Waals surface area contributed by atoms with Gasteiger partial charge in [0.25, 0.3) is 5.91 Å². The molecule has 134 valence electrons. The van der Waals surface area contributed by atoms with E-state index < -0.39 is 24.5 Å². The van der Waals surface area contributed by atoms with Gasteiger partial charge < -0.3 is 15.2 Å². The molecule has 2 N–H and O–H groups in total. The monoisotopic (exact) mass is 435 g/mol. The lowest BCUT2D eigenvalue weighted by atomic mass is 10.0. The first-order valence-electron chi connectivity index (χ1n) is 6.72. The van der Waals surface area contributed by atoms with E-state index in [-0.39, 0.29) is 43.2 Å². The van der Waals surface area contributed by atoms with Crippen LogP contribution in [0.1, 0.15) is 20.3 Å². The molecular formula is C14H14Cl5NO4. The second-order valence-electron chi connectivity index (χ2n) is 5.28. The Morgan fingerprint density at radius 2 is 1.46 bits per heavy atom. The van der Waals surface area contributed by atoms with E-state index in [1.807, 2.05) is 13.8 Å². The van der Waals surface area contributed by atoms with Crippen LogP contribution in [0.25, 0.3) is 0 Å². The number of carbonyl (C=O) groups excluding carboxylic acids is 1. The van der Waals surface area contributed by atoms with Crippen molar-refractivity contribution in [3.8, 4) is 5.75 Å². The largest absolute Gasteiger partial charge is 0.481 e. The van der Waals surface area contributed by atoms with Crippen LogP contribution in [-0.4, -0.2) is 29.6 Å². The normalized spacial score (nSPS) is 12.2. The van der Waals surface area contributed by atoms with Crippen molar-refractivity contribution in [2.45, 2.75) is 26.3 Å². The second-order valence-corrected chi connectivity index (χ2v) is 7.17. The van der Waals surface area contributed by atoms with E-state index in [9.17, 15) is 9.59 Å². The van der Waals surface area contributed by atoms with E-state index in [2.05, 4.69) is 5.32 Å². The van der Waals surface area contributed by atoms with Crippen molar-refractivity contribution in [3.05, 3.63) is 25.1 Å². The van der Waals surface area contributed by atoms with Gasteiger partial charge in [0.1, 0.15) is 16.1 Å². The lowest BCUT2D eigenvalue weighted by Crippen LogP contribution is -2.43. The number of carboxylic acids is 1. The maximum Gasteiger partial charge on any atom is 0.326 e. The van der Waals surface area contributed by atoms with Gasteiger partial charge in [0.15, 0.2) is 12.4 Å². The number of hydrogen-bond donors (Lipinski definition) is 2. The Morgan fingerprint density at radius 3 is 1.88 bits per heavy atom. The van der Waals surface area contributed by atoms with Gasteiger partial charge in [0, 0.05) is 0 Å². The summed E-state index contributed by atoms with van der Waals surface area (Å²) in [5.41, 5.74) is 0. The van der Waals surface area contributed by atoms with E-state index in [1.165, 1.54) is 0 Å². The van der Waals surface area contributed by atoms with Gasteiger partial charge in [-0.15, -0.1) is 0 Å². The van der Waals surface area contributed by atoms with Gasteiger partial charge in [0.05, 0.1) is 15.1 Å². The number of hydrogen-bond acceptors (Lipinski definition) is 3. The van der Waals surface area contributed by atoms with Crippen LogP contribution in [0.15, 0.2) is 0 Å². The molecule has 0 radical (unpaired) electrons. The smallest absolute Gasteiger partial charge is 0.326 e. The molecule has 0 heterocycles. The zero-order valence-electron chi connectivity index (χ0n) is 12.6. The first kappa shape index (κ1) is 21.5. The van der Waals surface area contributed by atoms with Gasteiger partial charge in [-0.05, 0) is 12.3 Å². The zero-order chi connectivity index (χ0) is 18.6. The van der Waals surface area contributed by atoms with Gasteiger partial charge in [-0.1, -0.05) is 71.9 Å². The molecule has 1 rings (SSSR count). The highest BCUT2D eigenvalue weighted by Crippen LogP contribution is 2.48. The highest BCUT2D eigenvalue weighted by Gasteiger charge is 2.24. The topological polar surface area (TPSA) is 75.6 Å². The SMILES string of the molecule is CC(C)CC(NC(=O)COc1c(Cl)c(Cl)c(Cl)c(Cl)c1Cl)C(=O)O. The van der Waals surface area contributed by atoms with Crippen LogP contribution in [0.2, 0.25) is 25.1 Å². The number of rotatable bonds is 7. The van der Waals surface area contributed by atoms with Crippen molar-refractivity contribution in [2.75, 3.05) is 6.61 Å². The number of aliphatic carboxylic acids is 1. The molecule has 0 aliphatic heterocycles. The number of ether oxygens (including phenoxy) is 1. The first-order chi connectivity index (χ1) is 11.1. The van der Waals surface area contributed by atoms with Crippen molar-refractivity contribution >= 4 is 69.9 Å². The van der Waals surface area contributed by atoms with E-state index in [0.717, 1.165) is 0 Å². The number of carboxylic acid groups (broad SMARTS) is 1. The summed E-state index contributed by atoms with van der Waals surface area (Å²) in [5.74, 6) is -1.81. The summed E-state index contributed by atoms with van der Waals surface area (Å²) in [5, 5.41) is 11.1. The summed E-state index contributed by atoms with van der Waals surface area (Å²) in [4.78, 5) is 23.0. The maximum absolute atomic E-state index is 11.9. The average molecular weight is 438 g/mol. The number of nitrogens with one attached hydrogen (secondary N) is 1. The highest BCUT2D eigenvalue weighted by atomic mass is 35.5. The molecular weight excluding hydrogens is 423 g/mol. The van der Waals surface area contributed by atoms with Crippen LogP contribution in [-0.2, 0) is 9.59 Å². The second kappa shape index (κ2) is 9.20. The van der Waals surface area contributed by atoms with Crippen LogP contribution >= 0.6 is 58.0 Å². The van der Waals surface area contributed by atoms with Gasteiger partial charge >= 0.3 is 5.97 Å². The van der Waals surface area contributed by atoms with E-state index in [4.69, 9.17) is 67.8 Å². The molecule has 0 fully saturated rings. The van der Waals surface area contributed by atoms with Crippen LogP contribution in [0.3, 0.4) is 0 Å². The molecule has 0 aliphatic carbocycles. The molecule has 1 amide bonds. The highest BCUT2D eigenvalue weighted by molar-refractivity contribution is 6.55. The van der Waals surface area contributed by atoms with Crippen molar-refractivity contribution in [2.24, 2.45) is 5.92 Å². The molecule has 0 spiro atoms. The number of benzene rings is 1. The summed E-state index contributed by atoms with van der Waals surface area (Å²) < 4.78 is 5.24. The lowest BCUT2D eigenvalue weighted by molar-refractivity contribution is -0.142. The Hall–Kier alpha value is -0.590. The van der Waals surface area contributed by atoms with Gasteiger partial charge in [0.2, 0.25) is 0 Å². The van der Waals surface area contributed by atoms with Crippen molar-refractivity contribution in [1.29, 1.82) is 0 Å². The minimum Gasteiger partial charge on any atom is -0.481 e. The fraction of sp³-hybridized carbons (Fsp3) is 0.429. The Morgan fingerprint density at radius 1 is 1.00 bits per heavy atom.